The molecule has 0 N–H and O–H groups in total. The number of aromatic nitrogens is 2. The summed E-state index contributed by atoms with van der Waals surface area (Å²) in [5.41, 5.74) is 0.530. The van der Waals surface area contributed by atoms with Crippen molar-refractivity contribution in [3.63, 3.8) is 0 Å². The molecular weight excluding hydrogens is 278 g/mol. The first-order chi connectivity index (χ1) is 8.01. The molecule has 90 valence electrons. The summed E-state index contributed by atoms with van der Waals surface area (Å²) in [4.78, 5) is 0.921. The van der Waals surface area contributed by atoms with Crippen LogP contribution in [0.1, 0.15) is 11.3 Å². The van der Waals surface area contributed by atoms with Crippen LogP contribution in [0.5, 0.6) is 5.88 Å². The van der Waals surface area contributed by atoms with E-state index in [2.05, 4.69) is 5.10 Å². The van der Waals surface area contributed by atoms with Crippen molar-refractivity contribution in [1.82, 2.24) is 9.94 Å². The molecular formula is C5H2N2O8P2. The number of hydrogen-bond acceptors (Lipinski definition) is 9. The van der Waals surface area contributed by atoms with Crippen molar-refractivity contribution >= 4 is 15.6 Å². The molecule has 0 saturated carbocycles. The fourth-order valence-electron chi connectivity index (χ4n) is 2.00. The second-order valence-corrected chi connectivity index (χ2v) is 6.62. The average molecular weight is 280 g/mol. The van der Waals surface area contributed by atoms with Gasteiger partial charge >= 0.3 is 21.6 Å². The minimum absolute atomic E-state index is 0.0905. The minimum atomic E-state index is -3.90. The van der Waals surface area contributed by atoms with E-state index in [9.17, 15) is 9.13 Å². The Kier molecular flexibility index (Phi) is 1.17. The molecule has 7 rings (SSSR count). The van der Waals surface area contributed by atoms with E-state index in [1.807, 2.05) is 0 Å². The summed E-state index contributed by atoms with van der Waals surface area (Å²) in [6, 6.07) is 0. The van der Waals surface area contributed by atoms with E-state index in [-0.39, 0.29) is 18.2 Å². The monoisotopic (exact) mass is 280 g/mol. The van der Waals surface area contributed by atoms with E-state index in [0.717, 1.165) is 4.85 Å². The summed E-state index contributed by atoms with van der Waals surface area (Å²) in [5.74, 6) is -1.82. The molecule has 0 aromatic carbocycles. The van der Waals surface area contributed by atoms with Gasteiger partial charge in [-0.15, -0.1) is 5.10 Å². The molecule has 10 nitrogen and oxygen atoms in total. The van der Waals surface area contributed by atoms with E-state index in [1.54, 1.807) is 0 Å². The lowest BCUT2D eigenvalue weighted by Crippen LogP contribution is -2.41. The van der Waals surface area contributed by atoms with Crippen molar-refractivity contribution in [2.24, 2.45) is 0 Å². The van der Waals surface area contributed by atoms with Crippen LogP contribution in [-0.4, -0.2) is 9.94 Å². The maximum atomic E-state index is 12.0. The van der Waals surface area contributed by atoms with Gasteiger partial charge in [-0.3, -0.25) is 9.15 Å². The van der Waals surface area contributed by atoms with E-state index >= 15 is 0 Å². The Hall–Kier alpha value is -0.890. The van der Waals surface area contributed by atoms with Crippen LogP contribution >= 0.6 is 15.6 Å². The summed E-state index contributed by atoms with van der Waals surface area (Å²) in [7, 11) is -7.54. The molecule has 7 bridgehead atoms. The molecule has 12 heteroatoms. The van der Waals surface area contributed by atoms with Gasteiger partial charge in [-0.25, -0.2) is 18.2 Å². The first-order valence-electron chi connectivity index (χ1n) is 4.50. The number of fused-ring (bicyclic) bond motifs is 1. The smallest absolute Gasteiger partial charge is 0.372 e. The summed E-state index contributed by atoms with van der Waals surface area (Å²) >= 11 is 0. The number of phosphoric ester groups is 2. The third-order valence-corrected chi connectivity index (χ3v) is 5.23. The molecule has 1 aromatic heterocycles. The third kappa shape index (κ3) is 0.855. The van der Waals surface area contributed by atoms with Gasteiger partial charge in [0.15, 0.2) is 5.69 Å². The van der Waals surface area contributed by atoms with Gasteiger partial charge in [0.05, 0.1) is 12.2 Å². The van der Waals surface area contributed by atoms with Crippen LogP contribution in [0.4, 0.5) is 0 Å². The Morgan fingerprint density at radius 2 is 2.00 bits per heavy atom. The molecule has 0 radical (unpaired) electrons. The molecule has 7 heterocycles. The molecule has 0 amide bonds. The summed E-state index contributed by atoms with van der Waals surface area (Å²) < 4.78 is 53.5. The average Bonchev–Trinajstić information content (AvgIpc) is 2.49. The summed E-state index contributed by atoms with van der Waals surface area (Å²) in [6.45, 7) is -0.115. The maximum absolute atomic E-state index is 12.0. The van der Waals surface area contributed by atoms with Crippen molar-refractivity contribution in [2.75, 3.05) is 0 Å². The van der Waals surface area contributed by atoms with Crippen molar-refractivity contribution in [3.8, 4) is 5.88 Å². The Morgan fingerprint density at radius 3 is 2.82 bits per heavy atom. The third-order valence-electron chi connectivity index (χ3n) is 2.64. The number of nitrogens with zero attached hydrogens (tertiary/aromatic N) is 2. The number of hydrogen-bond donors (Lipinski definition) is 0. The second-order valence-electron chi connectivity index (χ2n) is 3.68. The Bertz CT molecular complexity index is 670. The van der Waals surface area contributed by atoms with Crippen molar-refractivity contribution < 1.29 is 36.4 Å². The highest BCUT2D eigenvalue weighted by Crippen LogP contribution is 2.77. The molecule has 6 aliphatic rings. The van der Waals surface area contributed by atoms with Gasteiger partial charge in [0.2, 0.25) is 0 Å². The molecule has 1 aromatic rings. The zero-order valence-corrected chi connectivity index (χ0v) is 9.55. The van der Waals surface area contributed by atoms with Gasteiger partial charge in [0.25, 0.3) is 5.88 Å². The van der Waals surface area contributed by atoms with Crippen LogP contribution in [0.15, 0.2) is 0 Å². The number of phosphoric acid groups is 2. The first-order valence-corrected chi connectivity index (χ1v) is 7.42. The highest BCUT2D eigenvalue weighted by atomic mass is 31.2. The number of rotatable bonds is 0. The molecule has 0 aliphatic carbocycles. The lowest BCUT2D eigenvalue weighted by Gasteiger charge is -2.39. The largest absolute Gasteiger partial charge is 0.614 e. The van der Waals surface area contributed by atoms with Crippen molar-refractivity contribution in [2.45, 2.75) is 12.6 Å². The molecule has 1 saturated heterocycles. The van der Waals surface area contributed by atoms with Gasteiger partial charge in [-0.1, -0.05) is 4.85 Å². The maximum Gasteiger partial charge on any atom is 0.614 e. The Balaban J connectivity index is 1.88. The predicted octanol–water partition coefficient (Wildman–Crippen LogP) is 0.638. The van der Waals surface area contributed by atoms with Crippen molar-refractivity contribution in [3.05, 3.63) is 11.3 Å². The van der Waals surface area contributed by atoms with Gasteiger partial charge in [0.1, 0.15) is 0 Å². The van der Waals surface area contributed by atoms with E-state index in [1.165, 1.54) is 0 Å². The first kappa shape index (κ1) is 9.09. The quantitative estimate of drug-likeness (QED) is 0.632. The van der Waals surface area contributed by atoms with Crippen LogP contribution in [0.3, 0.4) is 0 Å². The predicted molar refractivity (Wildman–Crippen MR) is 44.4 cm³/mol. The topological polar surface area (TPSA) is 107 Å². The fourth-order valence-corrected chi connectivity index (χ4v) is 4.61. The molecule has 17 heavy (non-hydrogen) atoms. The highest BCUT2D eigenvalue weighted by molar-refractivity contribution is 7.50. The van der Waals surface area contributed by atoms with Crippen LogP contribution in [0, 0.1) is 0 Å². The summed E-state index contributed by atoms with van der Waals surface area (Å²) in [6.07, 6.45) is 0. The van der Waals surface area contributed by atoms with Crippen LogP contribution in [0.2, 0.25) is 0 Å². The van der Waals surface area contributed by atoms with Gasteiger partial charge in [-0.05, 0) is 0 Å². The molecule has 6 aliphatic heterocycles. The zero-order chi connectivity index (χ0) is 11.5. The van der Waals surface area contributed by atoms with Crippen LogP contribution < -0.4 is 9.15 Å². The lowest BCUT2D eigenvalue weighted by molar-refractivity contribution is -0.344. The van der Waals surface area contributed by atoms with E-state index in [0.29, 0.717) is 5.56 Å². The lowest BCUT2D eigenvalue weighted by atomic mass is 10.2. The van der Waals surface area contributed by atoms with E-state index < -0.39 is 21.6 Å². The van der Waals surface area contributed by atoms with Gasteiger partial charge in [0, 0.05) is 0 Å². The Morgan fingerprint density at radius 1 is 1.24 bits per heavy atom. The minimum Gasteiger partial charge on any atom is -0.372 e. The summed E-state index contributed by atoms with van der Waals surface area (Å²) in [5, 5.41) is 3.92. The molecule has 1 atom stereocenters. The normalized spacial score (nSPS) is 47.8. The van der Waals surface area contributed by atoms with Crippen LogP contribution in [-0.2, 0) is 39.8 Å². The SMILES string of the molecule is O=P12Oc3c4c(nn3O1)C1(O2)OP(=O)(OC4)O1. The fraction of sp³-hybridized carbons (Fsp3) is 0.400. The molecule has 1 spiro atoms. The zero-order valence-electron chi connectivity index (χ0n) is 7.76. The molecule has 1 unspecified atom stereocenters. The van der Waals surface area contributed by atoms with Crippen molar-refractivity contribution in [1.29, 1.82) is 0 Å². The highest BCUT2D eigenvalue weighted by Gasteiger charge is 2.72. The second kappa shape index (κ2) is 2.18. The molecule has 1 fully saturated rings. The Labute approximate surface area is 92.5 Å². The van der Waals surface area contributed by atoms with Crippen LogP contribution in [0.25, 0.3) is 0 Å². The van der Waals surface area contributed by atoms with Gasteiger partial charge in [-0.2, -0.15) is 4.52 Å². The standard InChI is InChI=1S/C5H2N2O8P2/c8-16-10-1-2-3-5(12-16,13-16)14-17(9)11-4(2)7(6-3)15-17/h1H2. The van der Waals surface area contributed by atoms with Gasteiger partial charge < -0.3 is 4.52 Å². The van der Waals surface area contributed by atoms with E-state index in [4.69, 9.17) is 27.2 Å².